The number of carbonyl (C=O) groups excluding carboxylic acids is 2. The molecule has 0 bridgehead atoms. The van der Waals surface area contributed by atoms with Crippen LogP contribution in [0.2, 0.25) is 10.0 Å². The van der Waals surface area contributed by atoms with Crippen LogP contribution in [0.15, 0.2) is 77.7 Å². The first-order valence-electron chi connectivity index (χ1n) is 12.3. The summed E-state index contributed by atoms with van der Waals surface area (Å²) >= 11 is 12.2. The molecule has 0 unspecified atom stereocenters. The Kier molecular flexibility index (Phi) is 10.4. The quantitative estimate of drug-likeness (QED) is 0.311. The van der Waals surface area contributed by atoms with Crippen molar-refractivity contribution in [2.75, 3.05) is 10.8 Å². The van der Waals surface area contributed by atoms with Crippen LogP contribution in [0.4, 0.5) is 10.1 Å². The summed E-state index contributed by atoms with van der Waals surface area (Å²) in [6, 6.07) is 16.4. The summed E-state index contributed by atoms with van der Waals surface area (Å²) in [4.78, 5) is 28.2. The van der Waals surface area contributed by atoms with Gasteiger partial charge in [0.15, 0.2) is 0 Å². The predicted molar refractivity (Wildman–Crippen MR) is 152 cm³/mol. The number of amides is 2. The monoisotopic (exact) mass is 593 g/mol. The van der Waals surface area contributed by atoms with Crippen LogP contribution >= 0.6 is 23.2 Å². The Morgan fingerprint density at radius 3 is 2.18 bits per heavy atom. The van der Waals surface area contributed by atoms with Crippen LogP contribution in [0, 0.1) is 5.82 Å². The molecule has 0 saturated carbocycles. The number of hydrogen-bond acceptors (Lipinski definition) is 4. The number of hydrogen-bond donors (Lipinski definition) is 1. The second kappa shape index (κ2) is 13.3. The van der Waals surface area contributed by atoms with Gasteiger partial charge in [-0.1, -0.05) is 66.5 Å². The number of rotatable bonds is 11. The van der Waals surface area contributed by atoms with Gasteiger partial charge in [0.1, 0.15) is 18.4 Å². The number of para-hydroxylation sites is 1. The van der Waals surface area contributed by atoms with Crippen molar-refractivity contribution in [3.05, 3.63) is 94.2 Å². The number of halogens is 3. The van der Waals surface area contributed by atoms with E-state index < -0.39 is 40.2 Å². The zero-order valence-corrected chi connectivity index (χ0v) is 24.1. The lowest BCUT2D eigenvalue weighted by Crippen LogP contribution is -2.53. The van der Waals surface area contributed by atoms with Gasteiger partial charge in [-0.05, 0) is 62.2 Å². The molecule has 0 fully saturated rings. The summed E-state index contributed by atoms with van der Waals surface area (Å²) in [6.07, 6.45) is 0.247. The highest BCUT2D eigenvalue weighted by Gasteiger charge is 2.34. The van der Waals surface area contributed by atoms with E-state index in [1.54, 1.807) is 45.0 Å². The molecule has 0 heterocycles. The largest absolute Gasteiger partial charge is 0.352 e. The summed E-state index contributed by atoms with van der Waals surface area (Å²) < 4.78 is 43.0. The van der Waals surface area contributed by atoms with E-state index in [0.29, 0.717) is 10.6 Å². The molecule has 0 aromatic heterocycles. The highest BCUT2D eigenvalue weighted by Crippen LogP contribution is 2.28. The number of nitrogens with zero attached hydrogens (tertiary/aromatic N) is 2. The molecular formula is C28H30Cl2FN3O4S. The Hall–Kier alpha value is -3.14. The number of benzene rings is 3. The number of anilines is 1. The molecule has 1 atom stereocenters. The first-order chi connectivity index (χ1) is 18.4. The fraction of sp³-hybridized carbons (Fsp3) is 0.286. The maximum Gasteiger partial charge on any atom is 0.264 e. The third kappa shape index (κ3) is 7.50. The topological polar surface area (TPSA) is 86.8 Å². The molecule has 0 saturated heterocycles. The average molecular weight is 595 g/mol. The molecule has 0 aliphatic heterocycles. The number of nitrogens with one attached hydrogen (secondary N) is 1. The van der Waals surface area contributed by atoms with Crippen LogP contribution in [-0.2, 0) is 26.2 Å². The Balaban J connectivity index is 2.08. The average Bonchev–Trinajstić information content (AvgIpc) is 2.89. The first-order valence-corrected chi connectivity index (χ1v) is 14.5. The van der Waals surface area contributed by atoms with E-state index in [1.807, 2.05) is 0 Å². The van der Waals surface area contributed by atoms with E-state index >= 15 is 0 Å². The van der Waals surface area contributed by atoms with Crippen LogP contribution in [0.1, 0.15) is 32.8 Å². The van der Waals surface area contributed by atoms with Crippen LogP contribution in [0.25, 0.3) is 0 Å². The third-order valence-corrected chi connectivity index (χ3v) is 8.40. The van der Waals surface area contributed by atoms with E-state index in [9.17, 15) is 22.4 Å². The van der Waals surface area contributed by atoms with E-state index in [0.717, 1.165) is 10.4 Å². The lowest BCUT2D eigenvalue weighted by atomic mass is 10.1. The molecular weight excluding hydrogens is 564 g/mol. The van der Waals surface area contributed by atoms with Crippen molar-refractivity contribution in [3.63, 3.8) is 0 Å². The summed E-state index contributed by atoms with van der Waals surface area (Å²) in [5, 5.41) is 3.40. The summed E-state index contributed by atoms with van der Waals surface area (Å²) in [5.74, 6) is -1.91. The highest BCUT2D eigenvalue weighted by atomic mass is 35.5. The smallest absolute Gasteiger partial charge is 0.264 e. The zero-order valence-electron chi connectivity index (χ0n) is 21.8. The van der Waals surface area contributed by atoms with Gasteiger partial charge in [-0.25, -0.2) is 12.8 Å². The van der Waals surface area contributed by atoms with Gasteiger partial charge in [0, 0.05) is 12.6 Å². The van der Waals surface area contributed by atoms with Gasteiger partial charge in [-0.2, -0.15) is 0 Å². The van der Waals surface area contributed by atoms with Gasteiger partial charge in [0.2, 0.25) is 11.8 Å². The number of carbonyl (C=O) groups is 2. The van der Waals surface area contributed by atoms with Crippen molar-refractivity contribution in [1.82, 2.24) is 10.2 Å². The van der Waals surface area contributed by atoms with Gasteiger partial charge < -0.3 is 10.2 Å². The van der Waals surface area contributed by atoms with Crippen molar-refractivity contribution in [1.29, 1.82) is 0 Å². The third-order valence-electron chi connectivity index (χ3n) is 5.88. The van der Waals surface area contributed by atoms with Crippen LogP contribution < -0.4 is 9.62 Å². The van der Waals surface area contributed by atoms with Gasteiger partial charge in [0.25, 0.3) is 10.0 Å². The van der Waals surface area contributed by atoms with Gasteiger partial charge in [-0.3, -0.25) is 13.9 Å². The first kappa shape index (κ1) is 30.4. The van der Waals surface area contributed by atoms with Gasteiger partial charge >= 0.3 is 0 Å². The van der Waals surface area contributed by atoms with Crippen LogP contribution in [0.5, 0.6) is 0 Å². The van der Waals surface area contributed by atoms with Crippen molar-refractivity contribution in [2.45, 2.75) is 50.7 Å². The molecule has 0 radical (unpaired) electrons. The summed E-state index contributed by atoms with van der Waals surface area (Å²) in [5.41, 5.74) is 0.292. The standard InChI is InChI=1S/C28H30Cl2FN3O4S/c1-4-25(28(36)32-19(2)3)33(17-20-14-15-22(29)23(30)16-20)27(35)18-34(26-13-9-8-12-24(26)31)39(37,38)21-10-6-5-7-11-21/h5-16,19,25H,4,17-18H2,1-3H3,(H,32,36)/t25-/m0/s1. The number of sulfonamides is 1. The van der Waals surface area contributed by atoms with Gasteiger partial charge in [-0.15, -0.1) is 0 Å². The molecule has 3 rings (SSSR count). The minimum absolute atomic E-state index is 0.0593. The molecule has 0 aliphatic carbocycles. The zero-order chi connectivity index (χ0) is 28.7. The summed E-state index contributed by atoms with van der Waals surface area (Å²) in [7, 11) is -4.36. The minimum Gasteiger partial charge on any atom is -0.352 e. The Morgan fingerprint density at radius 1 is 0.949 bits per heavy atom. The Morgan fingerprint density at radius 2 is 1.59 bits per heavy atom. The van der Waals surface area contributed by atoms with E-state index in [2.05, 4.69) is 5.32 Å². The van der Waals surface area contributed by atoms with Gasteiger partial charge in [0.05, 0.1) is 20.6 Å². The molecule has 208 valence electrons. The lowest BCUT2D eigenvalue weighted by Gasteiger charge is -2.33. The predicted octanol–water partition coefficient (Wildman–Crippen LogP) is 5.66. The highest BCUT2D eigenvalue weighted by molar-refractivity contribution is 7.92. The van der Waals surface area contributed by atoms with Crippen LogP contribution in [0.3, 0.4) is 0 Å². The van der Waals surface area contributed by atoms with E-state index in [4.69, 9.17) is 23.2 Å². The molecule has 3 aromatic rings. The molecule has 2 amide bonds. The maximum atomic E-state index is 14.9. The molecule has 11 heteroatoms. The maximum absolute atomic E-state index is 14.9. The van der Waals surface area contributed by atoms with E-state index in [-0.39, 0.29) is 34.6 Å². The Labute approximate surface area is 238 Å². The van der Waals surface area contributed by atoms with Crippen LogP contribution in [-0.4, -0.2) is 43.8 Å². The second-order valence-corrected chi connectivity index (χ2v) is 11.8. The van der Waals surface area contributed by atoms with Crippen molar-refractivity contribution in [2.24, 2.45) is 0 Å². The second-order valence-electron chi connectivity index (χ2n) is 9.13. The summed E-state index contributed by atoms with van der Waals surface area (Å²) in [6.45, 7) is 4.53. The molecule has 39 heavy (non-hydrogen) atoms. The molecule has 3 aromatic carbocycles. The van der Waals surface area contributed by atoms with Crippen molar-refractivity contribution >= 4 is 50.7 Å². The van der Waals surface area contributed by atoms with E-state index in [1.165, 1.54) is 47.4 Å². The lowest BCUT2D eigenvalue weighted by molar-refractivity contribution is -0.140. The molecule has 1 N–H and O–H groups in total. The SMILES string of the molecule is CC[C@@H](C(=O)NC(C)C)N(Cc1ccc(Cl)c(Cl)c1)C(=O)CN(c1ccccc1F)S(=O)(=O)c1ccccc1. The minimum atomic E-state index is -4.36. The van der Waals surface area contributed by atoms with Crippen molar-refractivity contribution in [3.8, 4) is 0 Å². The Bertz CT molecular complexity index is 1420. The molecule has 0 aliphatic rings. The fourth-order valence-corrected chi connectivity index (χ4v) is 5.79. The molecule has 7 nitrogen and oxygen atoms in total. The molecule has 0 spiro atoms. The van der Waals surface area contributed by atoms with Crippen molar-refractivity contribution < 1.29 is 22.4 Å². The fourth-order valence-electron chi connectivity index (χ4n) is 4.02. The normalized spacial score (nSPS) is 12.2.